The maximum atomic E-state index is 12.7. The highest BCUT2D eigenvalue weighted by molar-refractivity contribution is 5.85. The summed E-state index contributed by atoms with van der Waals surface area (Å²) >= 11 is 0. The third kappa shape index (κ3) is 5.14. The molecule has 1 aliphatic carbocycles. The molecule has 124 valence electrons. The van der Waals surface area contributed by atoms with Crippen LogP contribution >= 0.6 is 12.4 Å². The summed E-state index contributed by atoms with van der Waals surface area (Å²) in [6.45, 7) is 3.84. The Hall–Kier alpha value is -0.280. The van der Waals surface area contributed by atoms with Gasteiger partial charge >= 0.3 is 0 Å². The minimum Gasteiger partial charge on any atom is -0.338 e. The van der Waals surface area contributed by atoms with Gasteiger partial charge in [0.2, 0.25) is 5.91 Å². The van der Waals surface area contributed by atoms with Crippen LogP contribution in [0.3, 0.4) is 0 Å². The lowest BCUT2D eigenvalue weighted by Gasteiger charge is -2.39. The molecular formula is C17H33ClN2O. The lowest BCUT2D eigenvalue weighted by Crippen LogP contribution is -2.50. The molecule has 4 heteroatoms. The van der Waals surface area contributed by atoms with Gasteiger partial charge in [-0.2, -0.15) is 0 Å². The molecular weight excluding hydrogens is 284 g/mol. The third-order valence-electron chi connectivity index (χ3n) is 5.34. The quantitative estimate of drug-likeness (QED) is 0.839. The van der Waals surface area contributed by atoms with Gasteiger partial charge in [-0.25, -0.2) is 0 Å². The van der Waals surface area contributed by atoms with Gasteiger partial charge in [0.15, 0.2) is 0 Å². The number of nitrogens with two attached hydrogens (primary N) is 1. The summed E-state index contributed by atoms with van der Waals surface area (Å²) in [5.74, 6) is 1.58. The molecule has 1 aliphatic heterocycles. The topological polar surface area (TPSA) is 46.3 Å². The van der Waals surface area contributed by atoms with Gasteiger partial charge in [-0.1, -0.05) is 26.2 Å². The highest BCUT2D eigenvalue weighted by Gasteiger charge is 2.33. The van der Waals surface area contributed by atoms with Crippen molar-refractivity contribution in [1.29, 1.82) is 0 Å². The number of halogens is 1. The van der Waals surface area contributed by atoms with Crippen molar-refractivity contribution in [3.05, 3.63) is 0 Å². The molecule has 0 aromatic heterocycles. The van der Waals surface area contributed by atoms with Crippen LogP contribution in [-0.4, -0.2) is 29.9 Å². The standard InChI is InChI=1S/C17H32N2O.ClH/c1-2-3-6-14-8-10-15(11-9-14)17(20)19-12-5-4-7-16(19)13-18;/h14-16H,2-13,18H2,1H3;1H. The summed E-state index contributed by atoms with van der Waals surface area (Å²) in [5.41, 5.74) is 5.84. The maximum absolute atomic E-state index is 12.7. The van der Waals surface area contributed by atoms with E-state index in [0.717, 1.165) is 38.1 Å². The van der Waals surface area contributed by atoms with Crippen LogP contribution in [-0.2, 0) is 4.79 Å². The molecule has 0 radical (unpaired) electrons. The fraction of sp³-hybridized carbons (Fsp3) is 0.941. The SMILES string of the molecule is CCCCC1CCC(C(=O)N2CCCCC2CN)CC1.Cl. The van der Waals surface area contributed by atoms with Crippen LogP contribution in [0.5, 0.6) is 0 Å². The molecule has 21 heavy (non-hydrogen) atoms. The summed E-state index contributed by atoms with van der Waals surface area (Å²) in [7, 11) is 0. The normalized spacial score (nSPS) is 29.8. The van der Waals surface area contributed by atoms with Gasteiger partial charge in [0, 0.05) is 25.0 Å². The van der Waals surface area contributed by atoms with Gasteiger partial charge in [-0.15, -0.1) is 12.4 Å². The average molecular weight is 317 g/mol. The second kappa shape index (κ2) is 9.68. The largest absolute Gasteiger partial charge is 0.338 e. The van der Waals surface area contributed by atoms with E-state index < -0.39 is 0 Å². The Kier molecular flexibility index (Phi) is 8.65. The number of rotatable bonds is 5. The minimum absolute atomic E-state index is 0. The Balaban J connectivity index is 0.00000220. The van der Waals surface area contributed by atoms with Crippen LogP contribution < -0.4 is 5.73 Å². The molecule has 2 rings (SSSR count). The second-order valence-corrected chi connectivity index (χ2v) is 6.78. The number of unbranched alkanes of at least 4 members (excludes halogenated alkanes) is 1. The zero-order chi connectivity index (χ0) is 14.4. The van der Waals surface area contributed by atoms with E-state index in [0.29, 0.717) is 24.4 Å². The molecule has 3 nitrogen and oxygen atoms in total. The first-order valence-corrected chi connectivity index (χ1v) is 8.76. The van der Waals surface area contributed by atoms with Gasteiger partial charge in [0.05, 0.1) is 0 Å². The molecule has 1 saturated heterocycles. The van der Waals surface area contributed by atoms with E-state index in [4.69, 9.17) is 5.73 Å². The number of carbonyl (C=O) groups is 1. The predicted octanol–water partition coefficient (Wildman–Crippen LogP) is 3.74. The number of carbonyl (C=O) groups excluding carboxylic acids is 1. The molecule has 1 atom stereocenters. The van der Waals surface area contributed by atoms with Crippen molar-refractivity contribution < 1.29 is 4.79 Å². The van der Waals surface area contributed by atoms with E-state index in [1.165, 1.54) is 38.5 Å². The van der Waals surface area contributed by atoms with Gasteiger partial charge in [-0.05, 0) is 50.9 Å². The van der Waals surface area contributed by atoms with Crippen molar-refractivity contribution >= 4 is 18.3 Å². The lowest BCUT2D eigenvalue weighted by atomic mass is 9.79. The summed E-state index contributed by atoms with van der Waals surface area (Å²) in [5, 5.41) is 0. The van der Waals surface area contributed by atoms with E-state index in [1.54, 1.807) is 0 Å². The molecule has 1 saturated carbocycles. The van der Waals surface area contributed by atoms with Crippen LogP contribution in [0.4, 0.5) is 0 Å². The Morgan fingerprint density at radius 2 is 1.86 bits per heavy atom. The van der Waals surface area contributed by atoms with E-state index in [9.17, 15) is 4.79 Å². The third-order valence-corrected chi connectivity index (χ3v) is 5.34. The molecule has 0 aromatic rings. The number of likely N-dealkylation sites (tertiary alicyclic amines) is 1. The predicted molar refractivity (Wildman–Crippen MR) is 90.6 cm³/mol. The Morgan fingerprint density at radius 1 is 1.14 bits per heavy atom. The van der Waals surface area contributed by atoms with Crippen LogP contribution in [0.2, 0.25) is 0 Å². The lowest BCUT2D eigenvalue weighted by molar-refractivity contribution is -0.140. The van der Waals surface area contributed by atoms with E-state index in [2.05, 4.69) is 11.8 Å². The molecule has 1 unspecified atom stereocenters. The van der Waals surface area contributed by atoms with Crippen LogP contribution in [0.1, 0.15) is 71.1 Å². The second-order valence-electron chi connectivity index (χ2n) is 6.78. The minimum atomic E-state index is 0. The molecule has 2 aliphatic rings. The number of nitrogens with zero attached hydrogens (tertiary/aromatic N) is 1. The smallest absolute Gasteiger partial charge is 0.225 e. The van der Waals surface area contributed by atoms with Crippen LogP contribution in [0, 0.1) is 11.8 Å². The summed E-state index contributed by atoms with van der Waals surface area (Å²) in [6.07, 6.45) is 12.3. The van der Waals surface area contributed by atoms with Crippen molar-refractivity contribution in [2.75, 3.05) is 13.1 Å². The zero-order valence-electron chi connectivity index (χ0n) is 13.6. The van der Waals surface area contributed by atoms with E-state index in [-0.39, 0.29) is 12.4 Å². The van der Waals surface area contributed by atoms with Crippen molar-refractivity contribution in [2.45, 2.75) is 77.2 Å². The molecule has 1 heterocycles. The van der Waals surface area contributed by atoms with E-state index >= 15 is 0 Å². The summed E-state index contributed by atoms with van der Waals surface area (Å²) in [4.78, 5) is 14.8. The van der Waals surface area contributed by atoms with Gasteiger partial charge in [-0.3, -0.25) is 4.79 Å². The maximum Gasteiger partial charge on any atom is 0.225 e. The highest BCUT2D eigenvalue weighted by atomic mass is 35.5. The Bertz CT molecular complexity index is 303. The van der Waals surface area contributed by atoms with Crippen molar-refractivity contribution in [3.63, 3.8) is 0 Å². The van der Waals surface area contributed by atoms with Crippen molar-refractivity contribution in [2.24, 2.45) is 17.6 Å². The molecule has 2 fully saturated rings. The Labute approximate surface area is 136 Å². The molecule has 1 amide bonds. The van der Waals surface area contributed by atoms with Gasteiger partial charge < -0.3 is 10.6 Å². The zero-order valence-corrected chi connectivity index (χ0v) is 14.4. The van der Waals surface area contributed by atoms with Crippen LogP contribution in [0.25, 0.3) is 0 Å². The first-order chi connectivity index (χ1) is 9.76. The molecule has 0 aromatic carbocycles. The first kappa shape index (κ1) is 18.8. The van der Waals surface area contributed by atoms with E-state index in [1.807, 2.05) is 0 Å². The summed E-state index contributed by atoms with van der Waals surface area (Å²) < 4.78 is 0. The van der Waals surface area contributed by atoms with Gasteiger partial charge in [0.25, 0.3) is 0 Å². The fourth-order valence-electron chi connectivity index (χ4n) is 3.96. The number of hydrogen-bond donors (Lipinski definition) is 1. The number of hydrogen-bond acceptors (Lipinski definition) is 2. The summed E-state index contributed by atoms with van der Waals surface area (Å²) in [6, 6.07) is 0.314. The first-order valence-electron chi connectivity index (χ1n) is 8.76. The van der Waals surface area contributed by atoms with Crippen molar-refractivity contribution in [1.82, 2.24) is 4.90 Å². The molecule has 2 N–H and O–H groups in total. The van der Waals surface area contributed by atoms with Crippen molar-refractivity contribution in [3.8, 4) is 0 Å². The van der Waals surface area contributed by atoms with Crippen LogP contribution in [0.15, 0.2) is 0 Å². The monoisotopic (exact) mass is 316 g/mol. The number of amides is 1. The molecule has 0 bridgehead atoms. The highest BCUT2D eigenvalue weighted by Crippen LogP contribution is 2.33. The fourth-order valence-corrected chi connectivity index (χ4v) is 3.96. The average Bonchev–Trinajstić information content (AvgIpc) is 2.52. The Morgan fingerprint density at radius 3 is 2.48 bits per heavy atom. The van der Waals surface area contributed by atoms with Gasteiger partial charge in [0.1, 0.15) is 0 Å². The number of piperidine rings is 1. The molecule has 0 spiro atoms.